The first-order valence-electron chi connectivity index (χ1n) is 6.47. The number of hydrogen-bond donors (Lipinski definition) is 1. The molecule has 0 unspecified atom stereocenters. The number of furan rings is 1. The normalized spacial score (nSPS) is 14.6. The highest BCUT2D eigenvalue weighted by atomic mass is 19.1. The van der Waals surface area contributed by atoms with Crippen molar-refractivity contribution in [1.29, 1.82) is 0 Å². The second-order valence-electron chi connectivity index (χ2n) is 4.84. The number of aliphatic hydroxyl groups excluding tert-OH is 1. The Labute approximate surface area is 111 Å². The van der Waals surface area contributed by atoms with Crippen LogP contribution in [-0.4, -0.2) is 11.1 Å². The molecule has 0 aliphatic heterocycles. The fourth-order valence-electron chi connectivity index (χ4n) is 2.36. The van der Waals surface area contributed by atoms with Crippen LogP contribution in [-0.2, 0) is 13.2 Å². The largest absolute Gasteiger partial charge is 0.467 e. The number of benzene rings is 1. The van der Waals surface area contributed by atoms with Crippen molar-refractivity contribution in [3.63, 3.8) is 0 Å². The summed E-state index contributed by atoms with van der Waals surface area (Å²) in [6, 6.07) is 8.88. The molecule has 0 saturated heterocycles. The minimum absolute atomic E-state index is 0.158. The van der Waals surface area contributed by atoms with Gasteiger partial charge in [0.2, 0.25) is 0 Å². The van der Waals surface area contributed by atoms with Gasteiger partial charge in [0.05, 0.1) is 25.1 Å². The molecule has 3 nitrogen and oxygen atoms in total. The van der Waals surface area contributed by atoms with Crippen LogP contribution in [0.5, 0.6) is 0 Å². The van der Waals surface area contributed by atoms with E-state index in [-0.39, 0.29) is 12.4 Å². The van der Waals surface area contributed by atoms with E-state index in [1.54, 1.807) is 18.4 Å². The summed E-state index contributed by atoms with van der Waals surface area (Å²) in [6.07, 6.45) is 3.73. The maximum absolute atomic E-state index is 14.1. The third kappa shape index (κ3) is 2.49. The molecule has 1 fully saturated rings. The molecule has 19 heavy (non-hydrogen) atoms. The van der Waals surface area contributed by atoms with Gasteiger partial charge >= 0.3 is 0 Å². The van der Waals surface area contributed by atoms with Crippen molar-refractivity contribution in [3.8, 4) is 0 Å². The van der Waals surface area contributed by atoms with E-state index < -0.39 is 0 Å². The molecule has 0 atom stereocenters. The molecular formula is C15H16FNO2. The van der Waals surface area contributed by atoms with Crippen molar-refractivity contribution in [3.05, 3.63) is 53.7 Å². The van der Waals surface area contributed by atoms with Crippen molar-refractivity contribution in [2.75, 3.05) is 4.90 Å². The molecule has 1 aromatic heterocycles. The number of anilines is 1. The van der Waals surface area contributed by atoms with Crippen molar-refractivity contribution >= 4 is 5.69 Å². The minimum atomic E-state index is -0.287. The first kappa shape index (κ1) is 12.2. The molecule has 2 aromatic rings. The molecule has 1 heterocycles. The van der Waals surface area contributed by atoms with Crippen LogP contribution in [0.15, 0.2) is 41.0 Å². The zero-order valence-electron chi connectivity index (χ0n) is 10.6. The number of para-hydroxylation sites is 1. The lowest BCUT2D eigenvalue weighted by Crippen LogP contribution is -2.27. The first-order valence-corrected chi connectivity index (χ1v) is 6.47. The number of hydrogen-bond acceptors (Lipinski definition) is 3. The van der Waals surface area contributed by atoms with E-state index in [0.29, 0.717) is 23.8 Å². The van der Waals surface area contributed by atoms with Gasteiger partial charge in [0.1, 0.15) is 11.6 Å². The van der Waals surface area contributed by atoms with Crippen molar-refractivity contribution in [1.82, 2.24) is 0 Å². The van der Waals surface area contributed by atoms with Gasteiger partial charge in [-0.3, -0.25) is 0 Å². The summed E-state index contributed by atoms with van der Waals surface area (Å²) in [7, 11) is 0. The molecule has 0 radical (unpaired) electrons. The number of aliphatic hydroxyl groups is 1. The highest BCUT2D eigenvalue weighted by Crippen LogP contribution is 2.36. The highest BCUT2D eigenvalue weighted by molar-refractivity contribution is 5.56. The summed E-state index contributed by atoms with van der Waals surface area (Å²) >= 11 is 0. The Morgan fingerprint density at radius 3 is 2.74 bits per heavy atom. The fraction of sp³-hybridized carbons (Fsp3) is 0.333. The van der Waals surface area contributed by atoms with E-state index >= 15 is 0 Å². The molecular weight excluding hydrogens is 245 g/mol. The lowest BCUT2D eigenvalue weighted by molar-refractivity contribution is 0.281. The van der Waals surface area contributed by atoms with Crippen LogP contribution in [0.4, 0.5) is 10.1 Å². The van der Waals surface area contributed by atoms with E-state index in [4.69, 9.17) is 4.42 Å². The number of nitrogens with zero attached hydrogens (tertiary/aromatic N) is 1. The van der Waals surface area contributed by atoms with Crippen LogP contribution in [0.3, 0.4) is 0 Å². The molecule has 0 spiro atoms. The maximum atomic E-state index is 14.1. The fourth-order valence-corrected chi connectivity index (χ4v) is 2.36. The Morgan fingerprint density at radius 1 is 1.26 bits per heavy atom. The molecule has 4 heteroatoms. The monoisotopic (exact) mass is 261 g/mol. The Morgan fingerprint density at radius 2 is 2.11 bits per heavy atom. The quantitative estimate of drug-likeness (QED) is 0.898. The van der Waals surface area contributed by atoms with E-state index in [2.05, 4.69) is 0 Å². The van der Waals surface area contributed by atoms with E-state index in [1.807, 2.05) is 17.0 Å². The topological polar surface area (TPSA) is 36.6 Å². The lowest BCUT2D eigenvalue weighted by Gasteiger charge is -2.26. The van der Waals surface area contributed by atoms with Crippen LogP contribution < -0.4 is 4.90 Å². The Hall–Kier alpha value is -1.81. The van der Waals surface area contributed by atoms with Gasteiger partial charge in [-0.05, 0) is 31.0 Å². The van der Waals surface area contributed by atoms with Crippen LogP contribution in [0, 0.1) is 5.82 Å². The van der Waals surface area contributed by atoms with Gasteiger partial charge in [-0.2, -0.15) is 0 Å². The molecule has 100 valence electrons. The van der Waals surface area contributed by atoms with E-state index in [1.165, 1.54) is 6.07 Å². The minimum Gasteiger partial charge on any atom is -0.467 e. The van der Waals surface area contributed by atoms with Gasteiger partial charge in [-0.15, -0.1) is 0 Å². The van der Waals surface area contributed by atoms with Gasteiger partial charge in [-0.25, -0.2) is 4.39 Å². The van der Waals surface area contributed by atoms with Crippen molar-refractivity contribution in [2.45, 2.75) is 32.0 Å². The van der Waals surface area contributed by atoms with Crippen LogP contribution in [0.25, 0.3) is 0 Å². The van der Waals surface area contributed by atoms with E-state index in [0.717, 1.165) is 18.6 Å². The van der Waals surface area contributed by atoms with Gasteiger partial charge in [0.15, 0.2) is 0 Å². The van der Waals surface area contributed by atoms with Gasteiger partial charge in [0.25, 0.3) is 0 Å². The maximum Gasteiger partial charge on any atom is 0.146 e. The Balaban J connectivity index is 1.96. The van der Waals surface area contributed by atoms with Crippen LogP contribution in [0.1, 0.15) is 24.2 Å². The van der Waals surface area contributed by atoms with E-state index in [9.17, 15) is 9.50 Å². The standard InChI is InChI=1S/C15H16FNO2/c16-14-5-1-3-11(10-18)15(14)17(12-6-7-12)9-13-4-2-8-19-13/h1-5,8,12,18H,6-7,9-10H2. The summed E-state index contributed by atoms with van der Waals surface area (Å²) in [4.78, 5) is 2.00. The average Bonchev–Trinajstić information content (AvgIpc) is 3.14. The summed E-state index contributed by atoms with van der Waals surface area (Å²) in [5.74, 6) is 0.518. The number of rotatable bonds is 5. The molecule has 0 amide bonds. The van der Waals surface area contributed by atoms with Gasteiger partial charge in [0, 0.05) is 11.6 Å². The zero-order valence-corrected chi connectivity index (χ0v) is 10.6. The van der Waals surface area contributed by atoms with Crippen LogP contribution in [0.2, 0.25) is 0 Å². The van der Waals surface area contributed by atoms with Crippen LogP contribution >= 0.6 is 0 Å². The zero-order chi connectivity index (χ0) is 13.2. The summed E-state index contributed by atoms with van der Waals surface area (Å²) in [6.45, 7) is 0.375. The average molecular weight is 261 g/mol. The summed E-state index contributed by atoms with van der Waals surface area (Å²) in [5, 5.41) is 9.40. The lowest BCUT2D eigenvalue weighted by atomic mass is 10.1. The Kier molecular flexibility index (Phi) is 3.25. The third-order valence-electron chi connectivity index (χ3n) is 3.42. The van der Waals surface area contributed by atoms with Gasteiger partial charge in [-0.1, -0.05) is 12.1 Å². The molecule has 0 bridgehead atoms. The van der Waals surface area contributed by atoms with Crippen molar-refractivity contribution in [2.24, 2.45) is 0 Å². The predicted octanol–water partition coefficient (Wildman–Crippen LogP) is 3.08. The molecule has 3 rings (SSSR count). The third-order valence-corrected chi connectivity index (χ3v) is 3.42. The SMILES string of the molecule is OCc1cccc(F)c1N(Cc1ccco1)C1CC1. The molecule has 1 aromatic carbocycles. The Bertz CT molecular complexity index is 549. The smallest absolute Gasteiger partial charge is 0.146 e. The van der Waals surface area contributed by atoms with Crippen molar-refractivity contribution < 1.29 is 13.9 Å². The second-order valence-corrected chi connectivity index (χ2v) is 4.84. The second kappa shape index (κ2) is 5.05. The number of halogens is 1. The molecule has 1 saturated carbocycles. The highest BCUT2D eigenvalue weighted by Gasteiger charge is 2.32. The molecule has 1 aliphatic carbocycles. The first-order chi connectivity index (χ1) is 9.29. The molecule has 1 N–H and O–H groups in total. The summed E-state index contributed by atoms with van der Waals surface area (Å²) in [5.41, 5.74) is 1.13. The predicted molar refractivity (Wildman–Crippen MR) is 70.2 cm³/mol. The summed E-state index contributed by atoms with van der Waals surface area (Å²) < 4.78 is 19.5. The van der Waals surface area contributed by atoms with Gasteiger partial charge < -0.3 is 14.4 Å². The molecule has 1 aliphatic rings.